The third kappa shape index (κ3) is 8.42. The number of hydrogen-bond acceptors (Lipinski definition) is 3. The van der Waals surface area contributed by atoms with Gasteiger partial charge < -0.3 is 14.7 Å². The second-order valence-electron chi connectivity index (χ2n) is 15.2. The highest BCUT2D eigenvalue weighted by atomic mass is 16.5. The minimum absolute atomic E-state index is 0.0674. The highest BCUT2D eigenvalue weighted by Crippen LogP contribution is 2.62. The van der Waals surface area contributed by atoms with E-state index in [1.165, 1.54) is 48.8 Å². The molecule has 6 atom stereocenters. The van der Waals surface area contributed by atoms with Gasteiger partial charge in [-0.25, -0.2) is 0 Å². The predicted molar refractivity (Wildman–Crippen MR) is 185 cm³/mol. The molecule has 1 amide bonds. The van der Waals surface area contributed by atoms with E-state index in [4.69, 9.17) is 4.74 Å². The normalized spacial score (nSPS) is 27.3. The molecular formula is C41H59NO3. The molecule has 4 nitrogen and oxygen atoms in total. The maximum Gasteiger partial charge on any atom is 0.222 e. The summed E-state index contributed by atoms with van der Waals surface area (Å²) in [6, 6.07) is 17.3. The van der Waals surface area contributed by atoms with Crippen molar-refractivity contribution in [1.29, 1.82) is 0 Å². The van der Waals surface area contributed by atoms with Crippen molar-refractivity contribution in [2.24, 2.45) is 29.1 Å². The Morgan fingerprint density at radius 1 is 1.02 bits per heavy atom. The lowest BCUT2D eigenvalue weighted by molar-refractivity contribution is -0.130. The van der Waals surface area contributed by atoms with Crippen molar-refractivity contribution in [2.45, 2.75) is 123 Å². The van der Waals surface area contributed by atoms with E-state index < -0.39 is 0 Å². The molecule has 1 N–H and O–H groups in total. The van der Waals surface area contributed by atoms with Gasteiger partial charge in [-0.15, -0.1) is 0 Å². The van der Waals surface area contributed by atoms with Crippen molar-refractivity contribution in [3.8, 4) is 5.75 Å². The summed E-state index contributed by atoms with van der Waals surface area (Å²) in [5, 5.41) is 11.0. The summed E-state index contributed by atoms with van der Waals surface area (Å²) in [5.41, 5.74) is 4.26. The Kier molecular flexibility index (Phi) is 11.9. The standard InChI is InChI=1S/C41H59NO3/c1-30(2)28-42(4)39(44)19-15-10-8-6-5-7-9-14-18-32-26-33-27-34(45-29-31-16-12-11-13-17-31)20-21-35(33)36-24-25-41(3)37(40(32)36)22-23-38(41)43/h11-14,16-18,20-21,27,30,32,36-38,40,43H,5-10,15,19,22-26,28-29H2,1-4H3/b18-14+/t32-,36-,37+,38+,40-,41+/m1/s1. The molecule has 2 fully saturated rings. The number of benzene rings is 2. The number of aliphatic hydroxyl groups is 1. The number of rotatable bonds is 15. The topological polar surface area (TPSA) is 49.8 Å². The predicted octanol–water partition coefficient (Wildman–Crippen LogP) is 9.50. The van der Waals surface area contributed by atoms with Gasteiger partial charge in [0.25, 0.3) is 0 Å². The molecule has 2 aromatic carbocycles. The Hall–Kier alpha value is -2.59. The monoisotopic (exact) mass is 613 g/mol. The fourth-order valence-electron chi connectivity index (χ4n) is 9.02. The zero-order chi connectivity index (χ0) is 31.8. The van der Waals surface area contributed by atoms with E-state index in [9.17, 15) is 9.90 Å². The van der Waals surface area contributed by atoms with Crippen LogP contribution in [0.5, 0.6) is 5.75 Å². The van der Waals surface area contributed by atoms with Crippen molar-refractivity contribution in [3.05, 3.63) is 77.4 Å². The highest BCUT2D eigenvalue weighted by molar-refractivity contribution is 5.75. The van der Waals surface area contributed by atoms with E-state index in [2.05, 4.69) is 75.4 Å². The molecule has 4 heteroatoms. The Balaban J connectivity index is 1.14. The molecule has 0 spiro atoms. The molecule has 0 saturated heterocycles. The first-order chi connectivity index (χ1) is 21.8. The molecule has 0 radical (unpaired) electrons. The number of nitrogens with zero attached hydrogens (tertiary/aromatic N) is 1. The van der Waals surface area contributed by atoms with Crippen molar-refractivity contribution in [3.63, 3.8) is 0 Å². The summed E-state index contributed by atoms with van der Waals surface area (Å²) >= 11 is 0. The molecule has 246 valence electrons. The maximum absolute atomic E-state index is 12.3. The minimum atomic E-state index is -0.151. The van der Waals surface area contributed by atoms with Gasteiger partial charge in [0.1, 0.15) is 12.4 Å². The van der Waals surface area contributed by atoms with E-state index in [0.29, 0.717) is 48.5 Å². The number of allylic oxidation sites excluding steroid dienone is 2. The van der Waals surface area contributed by atoms with Gasteiger partial charge in [-0.3, -0.25) is 4.79 Å². The molecule has 5 rings (SSSR count). The number of hydrogen-bond donors (Lipinski definition) is 1. The molecule has 0 bridgehead atoms. The summed E-state index contributed by atoms with van der Waals surface area (Å²) in [4.78, 5) is 14.2. The molecule has 0 aliphatic heterocycles. The minimum Gasteiger partial charge on any atom is -0.489 e. The average Bonchev–Trinajstić information content (AvgIpc) is 3.34. The number of aliphatic hydroxyl groups excluding tert-OH is 1. The average molecular weight is 614 g/mol. The summed E-state index contributed by atoms with van der Waals surface area (Å²) in [5.74, 6) is 4.10. The van der Waals surface area contributed by atoms with E-state index in [-0.39, 0.29) is 11.5 Å². The van der Waals surface area contributed by atoms with Gasteiger partial charge in [0.2, 0.25) is 5.91 Å². The highest BCUT2D eigenvalue weighted by Gasteiger charge is 2.56. The summed E-state index contributed by atoms with van der Waals surface area (Å²) in [6.07, 6.45) is 19.4. The van der Waals surface area contributed by atoms with Gasteiger partial charge in [-0.2, -0.15) is 0 Å². The summed E-state index contributed by atoms with van der Waals surface area (Å²) in [6.45, 7) is 8.15. The van der Waals surface area contributed by atoms with Gasteiger partial charge in [-0.1, -0.05) is 95.0 Å². The van der Waals surface area contributed by atoms with Crippen LogP contribution >= 0.6 is 0 Å². The van der Waals surface area contributed by atoms with E-state index in [0.717, 1.165) is 57.2 Å². The van der Waals surface area contributed by atoms with Gasteiger partial charge >= 0.3 is 0 Å². The number of amides is 1. The van der Waals surface area contributed by atoms with Crippen LogP contribution in [0.25, 0.3) is 0 Å². The molecule has 0 heterocycles. The zero-order valence-corrected chi connectivity index (χ0v) is 28.6. The van der Waals surface area contributed by atoms with Crippen LogP contribution in [0.1, 0.15) is 120 Å². The molecule has 45 heavy (non-hydrogen) atoms. The smallest absolute Gasteiger partial charge is 0.222 e. The SMILES string of the molecule is CC(C)CN(C)C(=O)CCCCCCCC/C=C/[C@@H]1Cc2cc(OCc3ccccc3)ccc2[C@H]2CC[C@]3(C)[C@@H](O)CC[C@H]3[C@H]12. The second kappa shape index (κ2) is 15.8. The van der Waals surface area contributed by atoms with Crippen LogP contribution in [0.15, 0.2) is 60.7 Å². The van der Waals surface area contributed by atoms with Gasteiger partial charge in [0.15, 0.2) is 0 Å². The van der Waals surface area contributed by atoms with Crippen LogP contribution in [-0.2, 0) is 17.8 Å². The van der Waals surface area contributed by atoms with E-state index in [1.54, 1.807) is 0 Å². The molecular weight excluding hydrogens is 554 g/mol. The van der Waals surface area contributed by atoms with Crippen LogP contribution in [0.2, 0.25) is 0 Å². The third-order valence-electron chi connectivity index (χ3n) is 11.5. The number of unbranched alkanes of at least 4 members (excludes halogenated alkanes) is 6. The van der Waals surface area contributed by atoms with Crippen LogP contribution in [-0.4, -0.2) is 35.6 Å². The number of fused-ring (bicyclic) bond motifs is 5. The Bertz CT molecular complexity index is 1250. The third-order valence-corrected chi connectivity index (χ3v) is 11.5. The fraction of sp³-hybridized carbons (Fsp3) is 0.634. The number of carbonyl (C=O) groups is 1. The van der Waals surface area contributed by atoms with Crippen LogP contribution in [0.4, 0.5) is 0 Å². The number of carbonyl (C=O) groups excluding carboxylic acids is 1. The summed E-state index contributed by atoms with van der Waals surface area (Å²) < 4.78 is 6.26. The van der Waals surface area contributed by atoms with Gasteiger partial charge in [0.05, 0.1) is 6.10 Å². The quantitative estimate of drug-likeness (QED) is 0.161. The van der Waals surface area contributed by atoms with Crippen molar-refractivity contribution in [1.82, 2.24) is 4.90 Å². The fourth-order valence-corrected chi connectivity index (χ4v) is 9.02. The van der Waals surface area contributed by atoms with Crippen LogP contribution in [0, 0.1) is 29.1 Å². The lowest BCUT2D eigenvalue weighted by atomic mass is 9.52. The first kappa shape index (κ1) is 33.8. The molecule has 2 aromatic rings. The molecule has 2 saturated carbocycles. The first-order valence-electron chi connectivity index (χ1n) is 18.1. The lowest BCUT2D eigenvalue weighted by Gasteiger charge is -2.52. The Morgan fingerprint density at radius 2 is 1.78 bits per heavy atom. The lowest BCUT2D eigenvalue weighted by Crippen LogP contribution is -2.46. The van der Waals surface area contributed by atoms with E-state index in [1.807, 2.05) is 18.0 Å². The van der Waals surface area contributed by atoms with Crippen LogP contribution in [0.3, 0.4) is 0 Å². The zero-order valence-electron chi connectivity index (χ0n) is 28.6. The van der Waals surface area contributed by atoms with Crippen molar-refractivity contribution in [2.75, 3.05) is 13.6 Å². The molecule has 3 aliphatic carbocycles. The summed E-state index contributed by atoms with van der Waals surface area (Å²) in [7, 11) is 1.94. The Labute approximate surface area is 273 Å². The largest absolute Gasteiger partial charge is 0.489 e. The Morgan fingerprint density at radius 3 is 2.56 bits per heavy atom. The van der Waals surface area contributed by atoms with Gasteiger partial charge in [0, 0.05) is 20.0 Å². The van der Waals surface area contributed by atoms with Crippen molar-refractivity contribution >= 4 is 5.91 Å². The van der Waals surface area contributed by atoms with Crippen molar-refractivity contribution < 1.29 is 14.6 Å². The molecule has 0 aromatic heterocycles. The maximum atomic E-state index is 12.3. The second-order valence-corrected chi connectivity index (χ2v) is 15.2. The van der Waals surface area contributed by atoms with E-state index >= 15 is 0 Å². The molecule has 0 unspecified atom stereocenters. The van der Waals surface area contributed by atoms with Crippen LogP contribution < -0.4 is 4.74 Å². The number of ether oxygens (including phenoxy) is 1. The molecule has 3 aliphatic rings. The van der Waals surface area contributed by atoms with Gasteiger partial charge in [-0.05, 0) is 115 Å². The first-order valence-corrected chi connectivity index (χ1v) is 18.1.